The Morgan fingerprint density at radius 3 is 2.29 bits per heavy atom. The van der Waals surface area contributed by atoms with Gasteiger partial charge in [-0.05, 0) is 43.3 Å². The van der Waals surface area contributed by atoms with Gasteiger partial charge >= 0.3 is 6.18 Å². The van der Waals surface area contributed by atoms with Crippen LogP contribution in [0, 0.1) is 6.92 Å². The Morgan fingerprint density at radius 1 is 0.971 bits per heavy atom. The Hall–Kier alpha value is -4.28. The number of carbonyl (C=O) groups excluding carboxylic acids is 3. The molecule has 11 heteroatoms. The third-order valence-corrected chi connectivity index (χ3v) is 4.94. The average molecular weight is 488 g/mol. The number of hydrogen-bond donors (Lipinski definition) is 3. The Bertz CT molecular complexity index is 1190. The Kier molecular flexibility index (Phi) is 7.80. The highest BCUT2D eigenvalue weighted by atomic mass is 19.4. The maximum atomic E-state index is 13.6. The van der Waals surface area contributed by atoms with Gasteiger partial charge < -0.3 is 25.3 Å². The predicted octanol–water partition coefficient (Wildman–Crippen LogP) is 4.37. The number of benzene rings is 2. The Morgan fingerprint density at radius 2 is 1.66 bits per heavy atom. The van der Waals surface area contributed by atoms with Crippen molar-refractivity contribution in [1.82, 2.24) is 4.90 Å². The summed E-state index contributed by atoms with van der Waals surface area (Å²) in [6.07, 6.45) is -2.32. The number of halogens is 3. The van der Waals surface area contributed by atoms with E-state index in [9.17, 15) is 27.6 Å². The van der Waals surface area contributed by atoms with Crippen LogP contribution in [0.2, 0.25) is 0 Å². The van der Waals surface area contributed by atoms with E-state index >= 15 is 0 Å². The van der Waals surface area contributed by atoms with Crippen LogP contribution in [0.3, 0.4) is 0 Å². The first-order valence-electron chi connectivity index (χ1n) is 10.4. The highest BCUT2D eigenvalue weighted by Crippen LogP contribution is 2.36. The number of anilines is 3. The summed E-state index contributed by atoms with van der Waals surface area (Å²) in [5.41, 5.74) is 0.258. The number of carbonyl (C=O) groups is 3. The van der Waals surface area contributed by atoms with Gasteiger partial charge in [-0.1, -0.05) is 17.7 Å². The predicted molar refractivity (Wildman–Crippen MR) is 124 cm³/mol. The fourth-order valence-electron chi connectivity index (χ4n) is 3.05. The smallest absolute Gasteiger partial charge is 0.418 e. The zero-order valence-corrected chi connectivity index (χ0v) is 18.9. The monoisotopic (exact) mass is 488 g/mol. The molecule has 0 saturated carbocycles. The van der Waals surface area contributed by atoms with Crippen molar-refractivity contribution >= 4 is 34.8 Å². The minimum atomic E-state index is -4.75. The average Bonchev–Trinajstić information content (AvgIpc) is 3.34. The number of amides is 3. The third kappa shape index (κ3) is 7.10. The molecule has 2 aromatic carbocycles. The zero-order valence-electron chi connectivity index (χ0n) is 18.9. The molecule has 3 aromatic rings. The lowest BCUT2D eigenvalue weighted by atomic mass is 10.1. The molecule has 184 valence electrons. The second kappa shape index (κ2) is 10.8. The number of nitrogens with zero attached hydrogens (tertiary/aromatic N) is 1. The molecule has 0 saturated heterocycles. The van der Waals surface area contributed by atoms with E-state index in [4.69, 9.17) is 4.42 Å². The SMILES string of the molecule is Cc1ccc(NC(=O)CN(C)C(=O)CNc2ccc(NC(=O)c3ccoc3)cc2C(F)(F)F)cc1. The first-order chi connectivity index (χ1) is 16.5. The van der Waals surface area contributed by atoms with Crippen LogP contribution in [-0.4, -0.2) is 42.8 Å². The summed E-state index contributed by atoms with van der Waals surface area (Å²) in [6.45, 7) is 1.15. The van der Waals surface area contributed by atoms with Crippen LogP contribution in [0.5, 0.6) is 0 Å². The molecule has 0 unspecified atom stereocenters. The number of nitrogens with one attached hydrogen (secondary N) is 3. The number of aryl methyl sites for hydroxylation is 1. The van der Waals surface area contributed by atoms with Crippen molar-refractivity contribution in [3.8, 4) is 0 Å². The molecule has 35 heavy (non-hydrogen) atoms. The van der Waals surface area contributed by atoms with Crippen LogP contribution in [0.15, 0.2) is 65.5 Å². The number of likely N-dealkylation sites (N-methyl/N-ethyl adjacent to an activating group) is 1. The van der Waals surface area contributed by atoms with Gasteiger partial charge in [0.2, 0.25) is 11.8 Å². The summed E-state index contributed by atoms with van der Waals surface area (Å²) in [6, 6.07) is 11.6. The molecule has 3 amide bonds. The second-order valence-electron chi connectivity index (χ2n) is 7.74. The summed E-state index contributed by atoms with van der Waals surface area (Å²) >= 11 is 0. The summed E-state index contributed by atoms with van der Waals surface area (Å²) in [4.78, 5) is 37.7. The van der Waals surface area contributed by atoms with E-state index in [2.05, 4.69) is 16.0 Å². The molecule has 3 N–H and O–H groups in total. The fourth-order valence-corrected chi connectivity index (χ4v) is 3.05. The van der Waals surface area contributed by atoms with Gasteiger partial charge in [0, 0.05) is 24.1 Å². The van der Waals surface area contributed by atoms with E-state index < -0.39 is 36.0 Å². The largest absolute Gasteiger partial charge is 0.472 e. The maximum absolute atomic E-state index is 13.6. The molecule has 1 heterocycles. The molecule has 0 spiro atoms. The molecule has 0 atom stereocenters. The van der Waals surface area contributed by atoms with Gasteiger partial charge in [-0.3, -0.25) is 14.4 Å². The van der Waals surface area contributed by atoms with E-state index in [0.717, 1.165) is 22.6 Å². The van der Waals surface area contributed by atoms with Crippen LogP contribution >= 0.6 is 0 Å². The normalized spacial score (nSPS) is 11.0. The molecule has 1 aromatic heterocycles. The zero-order chi connectivity index (χ0) is 25.6. The van der Waals surface area contributed by atoms with Gasteiger partial charge in [-0.15, -0.1) is 0 Å². The first-order valence-corrected chi connectivity index (χ1v) is 10.4. The lowest BCUT2D eigenvalue weighted by Crippen LogP contribution is -2.38. The van der Waals surface area contributed by atoms with E-state index in [1.807, 2.05) is 19.1 Å². The van der Waals surface area contributed by atoms with Crippen LogP contribution in [-0.2, 0) is 15.8 Å². The van der Waals surface area contributed by atoms with E-state index in [1.54, 1.807) is 12.1 Å². The quantitative estimate of drug-likeness (QED) is 0.437. The van der Waals surface area contributed by atoms with Crippen LogP contribution in [0.25, 0.3) is 0 Å². The summed E-state index contributed by atoms with van der Waals surface area (Å²) < 4.78 is 45.6. The first kappa shape index (κ1) is 25.3. The number of hydrogen-bond acceptors (Lipinski definition) is 5. The molecule has 0 aliphatic carbocycles. The lowest BCUT2D eigenvalue weighted by molar-refractivity contribution is -0.137. The van der Waals surface area contributed by atoms with E-state index in [-0.39, 0.29) is 23.5 Å². The highest BCUT2D eigenvalue weighted by molar-refractivity contribution is 6.04. The van der Waals surface area contributed by atoms with Crippen molar-refractivity contribution < 1.29 is 32.0 Å². The standard InChI is InChI=1S/C24H23F3N4O4/c1-15-3-5-17(6-4-15)29-21(32)13-31(2)22(33)12-28-20-8-7-18(11-19(20)24(25,26)27)30-23(34)16-9-10-35-14-16/h3-11,14,28H,12-13H2,1-2H3,(H,29,32)(H,30,34). The van der Waals surface area contributed by atoms with Gasteiger partial charge in [0.05, 0.1) is 30.5 Å². The molecule has 0 aliphatic heterocycles. The number of rotatable bonds is 8. The summed E-state index contributed by atoms with van der Waals surface area (Å²) in [5, 5.41) is 7.48. The van der Waals surface area contributed by atoms with Crippen molar-refractivity contribution in [3.63, 3.8) is 0 Å². The number of furan rings is 1. The van der Waals surface area contributed by atoms with Gasteiger partial charge in [0.25, 0.3) is 5.91 Å². The van der Waals surface area contributed by atoms with Crippen molar-refractivity contribution in [2.24, 2.45) is 0 Å². The van der Waals surface area contributed by atoms with Gasteiger partial charge in [0.15, 0.2) is 0 Å². The van der Waals surface area contributed by atoms with Gasteiger partial charge in [-0.2, -0.15) is 13.2 Å². The molecular formula is C24H23F3N4O4. The van der Waals surface area contributed by atoms with Crippen molar-refractivity contribution in [1.29, 1.82) is 0 Å². The minimum absolute atomic E-state index is 0.0784. The van der Waals surface area contributed by atoms with Crippen molar-refractivity contribution in [2.75, 3.05) is 36.1 Å². The molecule has 0 radical (unpaired) electrons. The molecule has 3 rings (SSSR count). The second-order valence-corrected chi connectivity index (χ2v) is 7.74. The minimum Gasteiger partial charge on any atom is -0.472 e. The van der Waals surface area contributed by atoms with E-state index in [0.29, 0.717) is 5.69 Å². The Balaban J connectivity index is 1.60. The van der Waals surface area contributed by atoms with Gasteiger partial charge in [0.1, 0.15) is 6.26 Å². The molecular weight excluding hydrogens is 465 g/mol. The van der Waals surface area contributed by atoms with Crippen LogP contribution < -0.4 is 16.0 Å². The summed E-state index contributed by atoms with van der Waals surface area (Å²) in [7, 11) is 1.37. The van der Waals surface area contributed by atoms with Crippen molar-refractivity contribution in [3.05, 3.63) is 77.7 Å². The van der Waals surface area contributed by atoms with Crippen LogP contribution in [0.4, 0.5) is 30.2 Å². The molecule has 8 nitrogen and oxygen atoms in total. The fraction of sp³-hybridized carbons (Fsp3) is 0.208. The Labute approximate surface area is 199 Å². The lowest BCUT2D eigenvalue weighted by Gasteiger charge is -2.19. The third-order valence-electron chi connectivity index (χ3n) is 4.94. The highest BCUT2D eigenvalue weighted by Gasteiger charge is 2.34. The van der Waals surface area contributed by atoms with E-state index in [1.165, 1.54) is 31.7 Å². The maximum Gasteiger partial charge on any atom is 0.418 e. The topological polar surface area (TPSA) is 104 Å². The molecule has 0 aliphatic rings. The van der Waals surface area contributed by atoms with Crippen LogP contribution in [0.1, 0.15) is 21.5 Å². The summed E-state index contributed by atoms with van der Waals surface area (Å²) in [5.74, 6) is -1.67. The van der Waals surface area contributed by atoms with Gasteiger partial charge in [-0.25, -0.2) is 0 Å². The number of alkyl halides is 3. The molecule has 0 fully saturated rings. The van der Waals surface area contributed by atoms with Crippen molar-refractivity contribution in [2.45, 2.75) is 13.1 Å². The molecule has 0 bridgehead atoms.